The van der Waals surface area contributed by atoms with Gasteiger partial charge in [-0.05, 0) is 42.2 Å². The van der Waals surface area contributed by atoms with Crippen molar-refractivity contribution in [1.29, 1.82) is 0 Å². The standard InChI is InChI=1S/C20H22N4.ClH/c1-3-15-7-5-9-17(13-15)23-19-20(22-12-11-21-19)24-18-10-6-8-16(4-2)14-18;/h5-14H,3-4H2,1-2H3,(H,21,23)(H,22,24);1H. The third kappa shape index (κ3) is 5.02. The van der Waals surface area contributed by atoms with Crippen LogP contribution < -0.4 is 23.0 Å². The molecule has 3 aromatic rings. The fraction of sp³-hybridized carbons (Fsp3) is 0.200. The molecule has 1 heterocycles. The summed E-state index contributed by atoms with van der Waals surface area (Å²) in [6, 6.07) is 16.9. The molecule has 25 heavy (non-hydrogen) atoms. The van der Waals surface area contributed by atoms with Gasteiger partial charge in [-0.2, -0.15) is 4.98 Å². The summed E-state index contributed by atoms with van der Waals surface area (Å²) < 4.78 is 0. The largest absolute Gasteiger partial charge is 1.00 e. The van der Waals surface area contributed by atoms with Crippen molar-refractivity contribution in [2.24, 2.45) is 0 Å². The third-order valence-corrected chi connectivity index (χ3v) is 3.99. The quantitative estimate of drug-likeness (QED) is 0.646. The van der Waals surface area contributed by atoms with Crippen LogP contribution in [0.3, 0.4) is 0 Å². The van der Waals surface area contributed by atoms with Crippen LogP contribution in [0, 0.1) is 0 Å². The van der Waals surface area contributed by atoms with E-state index in [1.165, 1.54) is 11.1 Å². The second kappa shape index (κ2) is 9.16. The van der Waals surface area contributed by atoms with Crippen LogP contribution in [0.2, 0.25) is 0 Å². The van der Waals surface area contributed by atoms with Crippen LogP contribution >= 0.6 is 0 Å². The molecule has 0 aliphatic rings. The first-order valence-electron chi connectivity index (χ1n) is 8.39. The third-order valence-electron chi connectivity index (χ3n) is 3.99. The van der Waals surface area contributed by atoms with Gasteiger partial charge in [0.15, 0.2) is 0 Å². The van der Waals surface area contributed by atoms with Crippen molar-refractivity contribution < 1.29 is 17.7 Å². The Hall–Kier alpha value is -2.43. The van der Waals surface area contributed by atoms with Gasteiger partial charge in [-0.1, -0.05) is 38.1 Å². The molecule has 0 aliphatic heterocycles. The average molecular weight is 355 g/mol. The molecule has 3 rings (SSSR count). The Balaban J connectivity index is 0.00000225. The zero-order chi connectivity index (χ0) is 16.8. The Morgan fingerprint density at radius 1 is 0.880 bits per heavy atom. The normalized spacial score (nSPS) is 10.2. The van der Waals surface area contributed by atoms with Gasteiger partial charge in [0.05, 0.1) is 6.20 Å². The molecule has 130 valence electrons. The number of benzene rings is 2. The van der Waals surface area contributed by atoms with Gasteiger partial charge in [0, 0.05) is 18.0 Å². The summed E-state index contributed by atoms with van der Waals surface area (Å²) in [4.78, 5) is 8.95. The number of aromatic nitrogens is 2. The number of hydrogen-bond acceptors (Lipinski definition) is 3. The van der Waals surface area contributed by atoms with Gasteiger partial charge in [0.25, 0.3) is 5.82 Å². The maximum atomic E-state index is 4.49. The van der Waals surface area contributed by atoms with Crippen molar-refractivity contribution in [2.45, 2.75) is 26.7 Å². The van der Waals surface area contributed by atoms with Gasteiger partial charge >= 0.3 is 0 Å². The van der Waals surface area contributed by atoms with E-state index >= 15 is 0 Å². The summed E-state index contributed by atoms with van der Waals surface area (Å²) >= 11 is 0. The number of rotatable bonds is 6. The molecule has 4 nitrogen and oxygen atoms in total. The molecule has 0 saturated carbocycles. The van der Waals surface area contributed by atoms with E-state index < -0.39 is 0 Å². The Bertz CT molecular complexity index is 752. The molecule has 0 saturated heterocycles. The van der Waals surface area contributed by atoms with E-state index in [0.29, 0.717) is 0 Å². The summed E-state index contributed by atoms with van der Waals surface area (Å²) in [6.07, 6.45) is 5.48. The fourth-order valence-corrected chi connectivity index (χ4v) is 2.62. The van der Waals surface area contributed by atoms with Crippen molar-refractivity contribution in [3.8, 4) is 0 Å². The predicted molar refractivity (Wildman–Crippen MR) is 98.2 cm³/mol. The molecule has 0 bridgehead atoms. The Kier molecular flexibility index (Phi) is 6.92. The fourth-order valence-electron chi connectivity index (χ4n) is 2.62. The lowest BCUT2D eigenvalue weighted by Gasteiger charge is -2.09. The van der Waals surface area contributed by atoms with Gasteiger partial charge in [0.2, 0.25) is 5.82 Å². The van der Waals surface area contributed by atoms with E-state index in [1.54, 1.807) is 12.4 Å². The summed E-state index contributed by atoms with van der Waals surface area (Å²) in [5.74, 6) is 1.61. The molecule has 0 unspecified atom stereocenters. The molecule has 3 N–H and O–H groups in total. The maximum Gasteiger partial charge on any atom is 0.273 e. The minimum Gasteiger partial charge on any atom is -1.00 e. The predicted octanol–water partition coefficient (Wildman–Crippen LogP) is 0.876. The molecule has 0 fully saturated rings. The van der Waals surface area contributed by atoms with Crippen molar-refractivity contribution in [1.82, 2.24) is 9.97 Å². The van der Waals surface area contributed by atoms with E-state index in [4.69, 9.17) is 0 Å². The van der Waals surface area contributed by atoms with E-state index in [-0.39, 0.29) is 12.4 Å². The molecule has 0 aliphatic carbocycles. The number of nitrogens with one attached hydrogen (secondary N) is 1. The van der Waals surface area contributed by atoms with E-state index in [2.05, 4.69) is 83.0 Å². The van der Waals surface area contributed by atoms with Crippen LogP contribution in [0.25, 0.3) is 0 Å². The van der Waals surface area contributed by atoms with Crippen LogP contribution in [-0.4, -0.2) is 9.97 Å². The minimum atomic E-state index is 0. The number of anilines is 2. The Morgan fingerprint density at radius 3 is 2.32 bits per heavy atom. The number of nitrogens with zero attached hydrogens (tertiary/aromatic N) is 2. The van der Waals surface area contributed by atoms with Gasteiger partial charge in [-0.15, -0.1) is 0 Å². The van der Waals surface area contributed by atoms with Gasteiger partial charge in [-0.3, -0.25) is 5.32 Å². The highest BCUT2D eigenvalue weighted by atomic mass is 35.5. The molecule has 1 aromatic heterocycles. The van der Waals surface area contributed by atoms with E-state index in [0.717, 1.165) is 35.9 Å². The lowest BCUT2D eigenvalue weighted by molar-refractivity contribution is -0.482. The minimum absolute atomic E-state index is 0. The molecule has 0 atom stereocenters. The number of aryl methyl sites for hydroxylation is 2. The van der Waals surface area contributed by atoms with Crippen LogP contribution in [0.1, 0.15) is 25.0 Å². The SMILES string of the molecule is CCc1cccc(Nc2nccnc2[NH2+]c2cccc(CC)c2)c1.[Cl-]. The molecular weight excluding hydrogens is 332 g/mol. The van der Waals surface area contributed by atoms with Crippen molar-refractivity contribution in [3.05, 3.63) is 72.1 Å². The smallest absolute Gasteiger partial charge is 0.273 e. The molecule has 5 heteroatoms. The summed E-state index contributed by atoms with van der Waals surface area (Å²) in [6.45, 7) is 4.32. The maximum absolute atomic E-state index is 4.49. The van der Waals surface area contributed by atoms with Crippen LogP contribution in [0.15, 0.2) is 60.9 Å². The van der Waals surface area contributed by atoms with Crippen LogP contribution in [0.4, 0.5) is 23.0 Å². The first kappa shape index (κ1) is 18.9. The Labute approximate surface area is 155 Å². The second-order valence-corrected chi connectivity index (χ2v) is 5.71. The van der Waals surface area contributed by atoms with Crippen molar-refractivity contribution in [3.63, 3.8) is 0 Å². The zero-order valence-corrected chi connectivity index (χ0v) is 15.3. The van der Waals surface area contributed by atoms with Crippen molar-refractivity contribution >= 4 is 23.0 Å². The zero-order valence-electron chi connectivity index (χ0n) is 14.5. The topological polar surface area (TPSA) is 54.4 Å². The van der Waals surface area contributed by atoms with E-state index in [9.17, 15) is 0 Å². The summed E-state index contributed by atoms with van der Waals surface area (Å²) in [7, 11) is 0. The first-order chi connectivity index (χ1) is 11.8. The average Bonchev–Trinajstić information content (AvgIpc) is 2.64. The molecule has 0 radical (unpaired) electrons. The van der Waals surface area contributed by atoms with Crippen LogP contribution in [-0.2, 0) is 12.8 Å². The monoisotopic (exact) mass is 354 g/mol. The van der Waals surface area contributed by atoms with Gasteiger partial charge < -0.3 is 17.7 Å². The lowest BCUT2D eigenvalue weighted by atomic mass is 10.1. The molecule has 2 aromatic carbocycles. The second-order valence-electron chi connectivity index (χ2n) is 5.71. The number of halogens is 1. The van der Waals surface area contributed by atoms with E-state index in [1.807, 2.05) is 0 Å². The molecule has 0 spiro atoms. The van der Waals surface area contributed by atoms with Gasteiger partial charge in [-0.25, -0.2) is 4.98 Å². The highest BCUT2D eigenvalue weighted by Gasteiger charge is 2.11. The van der Waals surface area contributed by atoms with Gasteiger partial charge in [0.1, 0.15) is 5.69 Å². The number of quaternary nitrogens is 1. The van der Waals surface area contributed by atoms with Crippen molar-refractivity contribution in [2.75, 3.05) is 5.32 Å². The molecule has 0 amide bonds. The summed E-state index contributed by atoms with van der Waals surface area (Å²) in [5.41, 5.74) is 4.79. The summed E-state index contributed by atoms with van der Waals surface area (Å²) in [5, 5.41) is 5.46. The highest BCUT2D eigenvalue weighted by Crippen LogP contribution is 2.20. The number of nitrogens with two attached hydrogens (primary N) is 1. The van der Waals surface area contributed by atoms with Crippen LogP contribution in [0.5, 0.6) is 0 Å². The lowest BCUT2D eigenvalue weighted by Crippen LogP contribution is -3.00. The highest BCUT2D eigenvalue weighted by molar-refractivity contribution is 5.63. The number of hydrogen-bond donors (Lipinski definition) is 2. The Morgan fingerprint density at radius 2 is 1.56 bits per heavy atom. The molecular formula is C20H23ClN4. The first-order valence-corrected chi connectivity index (χ1v) is 8.39.